The fourth-order valence-electron chi connectivity index (χ4n) is 1.42. The molecular formula is C13H19NO2S. The molecule has 0 bridgehead atoms. The standard InChI is InChI=1S/C13H19NO2S/c1-4-9-17(15,16)13-7-5-12(6-8-13)14-10-11(2)3/h5-8,14H,2,4,9-10H2,1,3H3. The van der Waals surface area contributed by atoms with Gasteiger partial charge in [0.25, 0.3) is 0 Å². The topological polar surface area (TPSA) is 46.2 Å². The van der Waals surface area contributed by atoms with Gasteiger partial charge in [0, 0.05) is 12.2 Å². The minimum atomic E-state index is -3.10. The molecule has 1 aromatic carbocycles. The minimum absolute atomic E-state index is 0.200. The van der Waals surface area contributed by atoms with Crippen molar-refractivity contribution in [3.8, 4) is 0 Å². The molecule has 0 heterocycles. The zero-order valence-corrected chi connectivity index (χ0v) is 11.2. The summed E-state index contributed by atoms with van der Waals surface area (Å²) >= 11 is 0. The molecule has 0 aliphatic heterocycles. The molecular weight excluding hydrogens is 234 g/mol. The predicted octanol–water partition coefficient (Wildman–Crippen LogP) is 2.86. The molecule has 0 spiro atoms. The average molecular weight is 253 g/mol. The quantitative estimate of drug-likeness (QED) is 0.793. The third-order valence-corrected chi connectivity index (χ3v) is 4.22. The molecule has 0 aromatic heterocycles. The predicted molar refractivity (Wildman–Crippen MR) is 72.1 cm³/mol. The SMILES string of the molecule is C=C(C)CNc1ccc(S(=O)(=O)CCC)cc1. The molecule has 1 aromatic rings. The zero-order chi connectivity index (χ0) is 12.9. The fourth-order valence-corrected chi connectivity index (χ4v) is 2.74. The van der Waals surface area contributed by atoms with Crippen LogP contribution in [-0.4, -0.2) is 20.7 Å². The van der Waals surface area contributed by atoms with Gasteiger partial charge < -0.3 is 5.32 Å². The van der Waals surface area contributed by atoms with Crippen LogP contribution in [0.1, 0.15) is 20.3 Å². The normalized spacial score (nSPS) is 11.2. The first-order chi connectivity index (χ1) is 7.95. The van der Waals surface area contributed by atoms with E-state index in [1.807, 2.05) is 13.8 Å². The second-order valence-corrected chi connectivity index (χ2v) is 6.26. The lowest BCUT2D eigenvalue weighted by Crippen LogP contribution is -2.06. The van der Waals surface area contributed by atoms with Crippen molar-refractivity contribution in [1.29, 1.82) is 0 Å². The molecule has 17 heavy (non-hydrogen) atoms. The van der Waals surface area contributed by atoms with E-state index in [1.54, 1.807) is 24.3 Å². The lowest BCUT2D eigenvalue weighted by molar-refractivity contribution is 0.595. The highest BCUT2D eigenvalue weighted by atomic mass is 32.2. The molecule has 0 aliphatic carbocycles. The Bertz CT molecular complexity index is 475. The summed E-state index contributed by atoms with van der Waals surface area (Å²) in [6, 6.07) is 6.86. The van der Waals surface area contributed by atoms with Crippen molar-refractivity contribution in [2.75, 3.05) is 17.6 Å². The van der Waals surface area contributed by atoms with Crippen molar-refractivity contribution in [2.45, 2.75) is 25.2 Å². The maximum Gasteiger partial charge on any atom is 0.178 e. The van der Waals surface area contributed by atoms with Gasteiger partial charge in [-0.2, -0.15) is 0 Å². The van der Waals surface area contributed by atoms with Crippen molar-refractivity contribution in [3.05, 3.63) is 36.4 Å². The summed E-state index contributed by atoms with van der Waals surface area (Å²) in [5.41, 5.74) is 1.94. The Morgan fingerprint density at radius 3 is 2.35 bits per heavy atom. The van der Waals surface area contributed by atoms with Gasteiger partial charge in [-0.3, -0.25) is 0 Å². The van der Waals surface area contributed by atoms with Crippen LogP contribution in [-0.2, 0) is 9.84 Å². The van der Waals surface area contributed by atoms with E-state index >= 15 is 0 Å². The highest BCUT2D eigenvalue weighted by Gasteiger charge is 2.12. The van der Waals surface area contributed by atoms with Gasteiger partial charge in [-0.15, -0.1) is 0 Å². The van der Waals surface area contributed by atoms with Gasteiger partial charge in [-0.1, -0.05) is 19.1 Å². The van der Waals surface area contributed by atoms with E-state index in [2.05, 4.69) is 11.9 Å². The molecule has 94 valence electrons. The van der Waals surface area contributed by atoms with Crippen LogP contribution in [0.15, 0.2) is 41.3 Å². The molecule has 0 amide bonds. The Kier molecular flexibility index (Phi) is 4.75. The van der Waals surface area contributed by atoms with Crippen LogP contribution in [0, 0.1) is 0 Å². The third kappa shape index (κ3) is 4.23. The Morgan fingerprint density at radius 2 is 1.88 bits per heavy atom. The Labute approximate surface area is 103 Å². The largest absolute Gasteiger partial charge is 0.381 e. The summed E-state index contributed by atoms with van der Waals surface area (Å²) in [6.07, 6.45) is 0.637. The monoisotopic (exact) mass is 253 g/mol. The van der Waals surface area contributed by atoms with E-state index in [0.717, 1.165) is 11.3 Å². The smallest absolute Gasteiger partial charge is 0.178 e. The van der Waals surface area contributed by atoms with Crippen molar-refractivity contribution in [1.82, 2.24) is 0 Å². The van der Waals surface area contributed by atoms with Crippen LogP contribution >= 0.6 is 0 Å². The van der Waals surface area contributed by atoms with Crippen LogP contribution in [0.25, 0.3) is 0 Å². The van der Waals surface area contributed by atoms with E-state index in [9.17, 15) is 8.42 Å². The number of benzene rings is 1. The highest BCUT2D eigenvalue weighted by molar-refractivity contribution is 7.91. The van der Waals surface area contributed by atoms with Gasteiger partial charge in [0.05, 0.1) is 10.6 Å². The molecule has 1 N–H and O–H groups in total. The molecule has 0 aliphatic rings. The molecule has 1 rings (SSSR count). The van der Waals surface area contributed by atoms with E-state index in [1.165, 1.54) is 0 Å². The van der Waals surface area contributed by atoms with Crippen LogP contribution in [0.4, 0.5) is 5.69 Å². The lowest BCUT2D eigenvalue weighted by atomic mass is 10.3. The number of hydrogen-bond acceptors (Lipinski definition) is 3. The molecule has 4 heteroatoms. The number of rotatable bonds is 6. The second-order valence-electron chi connectivity index (χ2n) is 4.15. The van der Waals surface area contributed by atoms with Crippen LogP contribution < -0.4 is 5.32 Å². The van der Waals surface area contributed by atoms with Crippen molar-refractivity contribution < 1.29 is 8.42 Å². The molecule has 0 unspecified atom stereocenters. The summed E-state index contributed by atoms with van der Waals surface area (Å²) in [5.74, 6) is 0.200. The van der Waals surface area contributed by atoms with Gasteiger partial charge in [0.2, 0.25) is 0 Å². The Morgan fingerprint density at radius 1 is 1.29 bits per heavy atom. The van der Waals surface area contributed by atoms with Crippen molar-refractivity contribution >= 4 is 15.5 Å². The Hall–Kier alpha value is -1.29. The summed E-state index contributed by atoms with van der Waals surface area (Å²) in [4.78, 5) is 0.389. The number of nitrogens with one attached hydrogen (secondary N) is 1. The second kappa shape index (κ2) is 5.87. The third-order valence-electron chi connectivity index (χ3n) is 2.28. The van der Waals surface area contributed by atoms with Crippen LogP contribution in [0.2, 0.25) is 0 Å². The average Bonchev–Trinajstić information content (AvgIpc) is 2.27. The van der Waals surface area contributed by atoms with Gasteiger partial charge in [-0.05, 0) is 37.6 Å². The van der Waals surface area contributed by atoms with Gasteiger partial charge in [0.1, 0.15) is 0 Å². The maximum absolute atomic E-state index is 11.8. The van der Waals surface area contributed by atoms with Crippen molar-refractivity contribution in [2.24, 2.45) is 0 Å². The van der Waals surface area contributed by atoms with E-state index in [4.69, 9.17) is 0 Å². The van der Waals surface area contributed by atoms with E-state index in [-0.39, 0.29) is 5.75 Å². The fraction of sp³-hybridized carbons (Fsp3) is 0.385. The molecule has 0 atom stereocenters. The first-order valence-electron chi connectivity index (χ1n) is 5.67. The summed E-state index contributed by atoms with van der Waals surface area (Å²) in [7, 11) is -3.10. The van der Waals surface area contributed by atoms with Gasteiger partial charge >= 0.3 is 0 Å². The highest BCUT2D eigenvalue weighted by Crippen LogP contribution is 2.16. The first kappa shape index (κ1) is 13.8. The maximum atomic E-state index is 11.8. The molecule has 0 radical (unpaired) electrons. The minimum Gasteiger partial charge on any atom is -0.381 e. The summed E-state index contributed by atoms with van der Waals surface area (Å²) in [6.45, 7) is 8.29. The number of hydrogen-bond donors (Lipinski definition) is 1. The summed E-state index contributed by atoms with van der Waals surface area (Å²) < 4.78 is 23.6. The molecule has 0 saturated carbocycles. The summed E-state index contributed by atoms with van der Waals surface area (Å²) in [5, 5.41) is 3.16. The van der Waals surface area contributed by atoms with Crippen molar-refractivity contribution in [3.63, 3.8) is 0 Å². The molecule has 0 fully saturated rings. The number of sulfone groups is 1. The zero-order valence-electron chi connectivity index (χ0n) is 10.4. The lowest BCUT2D eigenvalue weighted by Gasteiger charge is -2.07. The Balaban J connectivity index is 2.78. The van der Waals surface area contributed by atoms with Gasteiger partial charge in [0.15, 0.2) is 9.84 Å². The first-order valence-corrected chi connectivity index (χ1v) is 7.32. The van der Waals surface area contributed by atoms with Crippen LogP contribution in [0.5, 0.6) is 0 Å². The molecule has 3 nitrogen and oxygen atoms in total. The van der Waals surface area contributed by atoms with Gasteiger partial charge in [-0.25, -0.2) is 8.42 Å². The van der Waals surface area contributed by atoms with E-state index in [0.29, 0.717) is 17.9 Å². The number of anilines is 1. The molecule has 0 saturated heterocycles. The van der Waals surface area contributed by atoms with E-state index < -0.39 is 9.84 Å². The van der Waals surface area contributed by atoms with Crippen LogP contribution in [0.3, 0.4) is 0 Å².